The van der Waals surface area contributed by atoms with E-state index in [-0.39, 0.29) is 12.3 Å². The molecule has 0 aliphatic carbocycles. The summed E-state index contributed by atoms with van der Waals surface area (Å²) in [5.74, 6) is 2.79. The van der Waals surface area contributed by atoms with Crippen LogP contribution in [0.5, 0.6) is 17.2 Å². The summed E-state index contributed by atoms with van der Waals surface area (Å²) in [5.41, 5.74) is 0.717. The van der Waals surface area contributed by atoms with Gasteiger partial charge in [0, 0.05) is 12.8 Å². The molecule has 29 heavy (non-hydrogen) atoms. The first kappa shape index (κ1) is 20.2. The summed E-state index contributed by atoms with van der Waals surface area (Å²) >= 11 is 0. The largest absolute Gasteiger partial charge is 0.497 e. The lowest BCUT2D eigenvalue weighted by Gasteiger charge is -2.08. The van der Waals surface area contributed by atoms with Crippen molar-refractivity contribution in [2.75, 3.05) is 27.4 Å². The van der Waals surface area contributed by atoms with Crippen molar-refractivity contribution in [1.82, 2.24) is 15.5 Å². The van der Waals surface area contributed by atoms with Gasteiger partial charge >= 0.3 is 0 Å². The Labute approximate surface area is 168 Å². The molecule has 152 valence electrons. The fourth-order valence-corrected chi connectivity index (χ4v) is 2.62. The monoisotopic (exact) mass is 397 g/mol. The second kappa shape index (κ2) is 10.1. The number of ether oxygens (including phenoxy) is 3. The fraction of sp³-hybridized carbons (Fsp3) is 0.286. The summed E-state index contributed by atoms with van der Waals surface area (Å²) < 4.78 is 21.6. The number of para-hydroxylation sites is 1. The van der Waals surface area contributed by atoms with Gasteiger partial charge in [0.1, 0.15) is 23.9 Å². The quantitative estimate of drug-likeness (QED) is 0.526. The van der Waals surface area contributed by atoms with Crippen LogP contribution in [0, 0.1) is 0 Å². The van der Waals surface area contributed by atoms with E-state index in [0.717, 1.165) is 11.5 Å². The molecule has 1 heterocycles. The summed E-state index contributed by atoms with van der Waals surface area (Å²) in [5, 5.41) is 10.8. The second-order valence-electron chi connectivity index (χ2n) is 6.08. The number of amides is 1. The Balaban J connectivity index is 1.40. The lowest BCUT2D eigenvalue weighted by Crippen LogP contribution is -2.28. The normalized spacial score (nSPS) is 10.4. The van der Waals surface area contributed by atoms with Crippen LogP contribution < -0.4 is 19.5 Å². The topological polar surface area (TPSA) is 95.7 Å². The number of methoxy groups -OCH3 is 2. The molecule has 8 nitrogen and oxygen atoms in total. The maximum Gasteiger partial charge on any atom is 0.251 e. The SMILES string of the molecule is COc1ccc(OCCNC(=O)CCc2nnc(-c3ccccc3OC)o2)cc1. The first-order chi connectivity index (χ1) is 14.2. The minimum atomic E-state index is -0.111. The number of aryl methyl sites for hydroxylation is 1. The number of nitrogens with one attached hydrogen (secondary N) is 1. The van der Waals surface area contributed by atoms with Crippen LogP contribution in [-0.2, 0) is 11.2 Å². The van der Waals surface area contributed by atoms with Crippen LogP contribution in [0.15, 0.2) is 52.9 Å². The van der Waals surface area contributed by atoms with E-state index in [9.17, 15) is 4.79 Å². The lowest BCUT2D eigenvalue weighted by atomic mass is 10.2. The van der Waals surface area contributed by atoms with Gasteiger partial charge in [0.2, 0.25) is 11.8 Å². The molecule has 1 aromatic heterocycles. The fourth-order valence-electron chi connectivity index (χ4n) is 2.62. The van der Waals surface area contributed by atoms with Crippen LogP contribution in [0.3, 0.4) is 0 Å². The summed E-state index contributed by atoms with van der Waals surface area (Å²) in [7, 11) is 3.19. The molecule has 0 bridgehead atoms. The van der Waals surface area contributed by atoms with Gasteiger partial charge in [-0.1, -0.05) is 12.1 Å². The van der Waals surface area contributed by atoms with Crippen molar-refractivity contribution in [2.24, 2.45) is 0 Å². The van der Waals surface area contributed by atoms with E-state index in [0.29, 0.717) is 42.7 Å². The molecular weight excluding hydrogens is 374 g/mol. The van der Waals surface area contributed by atoms with Crippen LogP contribution in [-0.4, -0.2) is 43.5 Å². The first-order valence-electron chi connectivity index (χ1n) is 9.19. The molecule has 0 saturated heterocycles. The maximum atomic E-state index is 12.0. The van der Waals surface area contributed by atoms with Crippen molar-refractivity contribution in [2.45, 2.75) is 12.8 Å². The zero-order valence-corrected chi connectivity index (χ0v) is 16.4. The third kappa shape index (κ3) is 5.71. The summed E-state index contributed by atoms with van der Waals surface area (Å²) in [4.78, 5) is 12.0. The van der Waals surface area contributed by atoms with Gasteiger partial charge in [-0.3, -0.25) is 4.79 Å². The first-order valence-corrected chi connectivity index (χ1v) is 9.19. The van der Waals surface area contributed by atoms with Gasteiger partial charge < -0.3 is 23.9 Å². The number of carbonyl (C=O) groups is 1. The Morgan fingerprint density at radius 3 is 2.52 bits per heavy atom. The highest BCUT2D eigenvalue weighted by molar-refractivity contribution is 5.76. The third-order valence-corrected chi connectivity index (χ3v) is 4.12. The Bertz CT molecular complexity index is 924. The minimum absolute atomic E-state index is 0.111. The molecule has 8 heteroatoms. The van der Waals surface area contributed by atoms with Gasteiger partial charge in [0.25, 0.3) is 5.89 Å². The van der Waals surface area contributed by atoms with E-state index in [1.165, 1.54) is 0 Å². The van der Waals surface area contributed by atoms with Crippen LogP contribution in [0.1, 0.15) is 12.3 Å². The van der Waals surface area contributed by atoms with Gasteiger partial charge in [-0.05, 0) is 36.4 Å². The van der Waals surface area contributed by atoms with Crippen molar-refractivity contribution in [3.63, 3.8) is 0 Å². The van der Waals surface area contributed by atoms with Crippen molar-refractivity contribution in [3.8, 4) is 28.7 Å². The zero-order chi connectivity index (χ0) is 20.5. The molecule has 0 radical (unpaired) electrons. The highest BCUT2D eigenvalue weighted by Crippen LogP contribution is 2.28. The number of rotatable bonds is 10. The maximum absolute atomic E-state index is 12.0. The Hall–Kier alpha value is -3.55. The molecule has 0 saturated carbocycles. The van der Waals surface area contributed by atoms with Gasteiger partial charge in [0.15, 0.2) is 0 Å². The Morgan fingerprint density at radius 2 is 1.76 bits per heavy atom. The molecule has 1 N–H and O–H groups in total. The van der Waals surface area contributed by atoms with E-state index in [4.69, 9.17) is 18.6 Å². The van der Waals surface area contributed by atoms with Crippen LogP contribution in [0.2, 0.25) is 0 Å². The van der Waals surface area contributed by atoms with Gasteiger partial charge in [0.05, 0.1) is 26.3 Å². The predicted molar refractivity (Wildman–Crippen MR) is 106 cm³/mol. The van der Waals surface area contributed by atoms with E-state index in [2.05, 4.69) is 15.5 Å². The van der Waals surface area contributed by atoms with E-state index in [1.54, 1.807) is 14.2 Å². The molecule has 0 atom stereocenters. The van der Waals surface area contributed by atoms with Gasteiger partial charge in [-0.15, -0.1) is 10.2 Å². The molecule has 0 unspecified atom stereocenters. The number of aromatic nitrogens is 2. The number of benzene rings is 2. The minimum Gasteiger partial charge on any atom is -0.497 e. The second-order valence-corrected chi connectivity index (χ2v) is 6.08. The van der Waals surface area contributed by atoms with Crippen molar-refractivity contribution < 1.29 is 23.4 Å². The lowest BCUT2D eigenvalue weighted by molar-refractivity contribution is -0.121. The predicted octanol–water partition coefficient (Wildman–Crippen LogP) is 2.88. The Kier molecular flexibility index (Phi) is 7.05. The molecule has 0 aliphatic rings. The van der Waals surface area contributed by atoms with Crippen molar-refractivity contribution in [3.05, 3.63) is 54.4 Å². The highest BCUT2D eigenvalue weighted by Gasteiger charge is 2.13. The number of hydrogen-bond donors (Lipinski definition) is 1. The van der Waals surface area contributed by atoms with Crippen molar-refractivity contribution in [1.29, 1.82) is 0 Å². The highest BCUT2D eigenvalue weighted by atomic mass is 16.5. The molecule has 2 aromatic carbocycles. The molecular formula is C21H23N3O5. The number of hydrogen-bond acceptors (Lipinski definition) is 7. The summed E-state index contributed by atoms with van der Waals surface area (Å²) in [6, 6.07) is 14.7. The number of nitrogens with zero attached hydrogens (tertiary/aromatic N) is 2. The third-order valence-electron chi connectivity index (χ3n) is 4.12. The molecule has 3 rings (SSSR count). The van der Waals surface area contributed by atoms with Gasteiger partial charge in [-0.2, -0.15) is 0 Å². The molecule has 0 fully saturated rings. The summed E-state index contributed by atoms with van der Waals surface area (Å²) in [6.07, 6.45) is 0.601. The smallest absolute Gasteiger partial charge is 0.251 e. The molecule has 3 aromatic rings. The van der Waals surface area contributed by atoms with E-state index < -0.39 is 0 Å². The average molecular weight is 397 g/mol. The summed E-state index contributed by atoms with van der Waals surface area (Å²) in [6.45, 7) is 0.776. The number of carbonyl (C=O) groups excluding carboxylic acids is 1. The van der Waals surface area contributed by atoms with Crippen LogP contribution in [0.25, 0.3) is 11.5 Å². The van der Waals surface area contributed by atoms with E-state index >= 15 is 0 Å². The Morgan fingerprint density at radius 1 is 1.00 bits per heavy atom. The standard InChI is InChI=1S/C21H23N3O5/c1-26-15-7-9-16(10-8-15)28-14-13-22-19(25)11-12-20-23-24-21(29-20)17-5-3-4-6-18(17)27-2/h3-10H,11-14H2,1-2H3,(H,22,25). The zero-order valence-electron chi connectivity index (χ0n) is 16.4. The molecule has 0 spiro atoms. The molecule has 0 aliphatic heterocycles. The van der Waals surface area contributed by atoms with Gasteiger partial charge in [-0.25, -0.2) is 0 Å². The van der Waals surface area contributed by atoms with E-state index in [1.807, 2.05) is 48.5 Å². The molecule has 1 amide bonds. The van der Waals surface area contributed by atoms with Crippen molar-refractivity contribution >= 4 is 5.91 Å². The van der Waals surface area contributed by atoms with Crippen LogP contribution in [0.4, 0.5) is 0 Å². The van der Waals surface area contributed by atoms with Crippen LogP contribution >= 0.6 is 0 Å². The average Bonchev–Trinajstić information content (AvgIpc) is 3.24.